The molecule has 3 heteroatoms. The van der Waals surface area contributed by atoms with Crippen LogP contribution in [0.3, 0.4) is 0 Å². The molecule has 90 valence electrons. The predicted octanol–water partition coefficient (Wildman–Crippen LogP) is 2.29. The second-order valence-electron chi connectivity index (χ2n) is 4.28. The molecule has 3 nitrogen and oxygen atoms in total. The highest BCUT2D eigenvalue weighted by Crippen LogP contribution is 2.04. The van der Waals surface area contributed by atoms with Gasteiger partial charge in [-0.1, -0.05) is 19.9 Å². The van der Waals surface area contributed by atoms with Gasteiger partial charge in [0, 0.05) is 18.8 Å². The Bertz CT molecular complexity index is 300. The Morgan fingerprint density at radius 3 is 2.94 bits per heavy atom. The van der Waals surface area contributed by atoms with E-state index in [9.17, 15) is 0 Å². The van der Waals surface area contributed by atoms with Crippen molar-refractivity contribution in [2.75, 3.05) is 13.2 Å². The van der Waals surface area contributed by atoms with Crippen LogP contribution in [0.2, 0.25) is 0 Å². The molecule has 0 aromatic carbocycles. The average molecular weight is 222 g/mol. The molecule has 0 fully saturated rings. The molecule has 0 saturated heterocycles. The highest BCUT2D eigenvalue weighted by molar-refractivity contribution is 5.16. The summed E-state index contributed by atoms with van der Waals surface area (Å²) in [6.45, 7) is 8.78. The molecule has 0 aliphatic heterocycles. The largest absolute Gasteiger partial charge is 0.375 e. The number of ether oxygens (including phenoxy) is 1. The van der Waals surface area contributed by atoms with Crippen LogP contribution in [-0.4, -0.2) is 24.2 Å². The maximum Gasteiger partial charge on any atom is 0.0890 e. The highest BCUT2D eigenvalue weighted by Gasteiger charge is 1.98. The van der Waals surface area contributed by atoms with E-state index in [1.807, 2.05) is 12.3 Å². The van der Waals surface area contributed by atoms with Crippen LogP contribution < -0.4 is 5.32 Å². The normalized spacial score (nSPS) is 11.0. The van der Waals surface area contributed by atoms with Crippen molar-refractivity contribution in [2.24, 2.45) is 0 Å². The number of nitrogens with one attached hydrogen (secondary N) is 1. The Balaban J connectivity index is 2.10. The molecule has 1 aromatic rings. The zero-order valence-electron chi connectivity index (χ0n) is 10.5. The Morgan fingerprint density at radius 1 is 1.44 bits per heavy atom. The minimum Gasteiger partial charge on any atom is -0.375 e. The molecule has 1 N–H and O–H groups in total. The molecule has 1 aromatic heterocycles. The lowest BCUT2D eigenvalue weighted by Gasteiger charge is -2.08. The summed E-state index contributed by atoms with van der Waals surface area (Å²) < 4.78 is 5.58. The van der Waals surface area contributed by atoms with Crippen molar-refractivity contribution in [3.05, 3.63) is 29.6 Å². The molecule has 0 saturated carbocycles. The Morgan fingerprint density at radius 2 is 2.25 bits per heavy atom. The van der Waals surface area contributed by atoms with Crippen molar-refractivity contribution in [1.29, 1.82) is 0 Å². The number of nitrogens with zero attached hydrogens (tertiary/aromatic N) is 1. The molecule has 16 heavy (non-hydrogen) atoms. The van der Waals surface area contributed by atoms with E-state index in [2.05, 4.69) is 37.1 Å². The zero-order chi connectivity index (χ0) is 11.8. The minimum absolute atomic E-state index is 0.554. The first-order chi connectivity index (χ1) is 7.70. The number of pyridine rings is 1. The first-order valence-corrected chi connectivity index (χ1v) is 5.91. The van der Waals surface area contributed by atoms with E-state index in [0.717, 1.165) is 25.3 Å². The number of rotatable bonds is 7. The lowest BCUT2D eigenvalue weighted by Crippen LogP contribution is -2.24. The summed E-state index contributed by atoms with van der Waals surface area (Å²) in [6, 6.07) is 4.57. The fourth-order valence-electron chi connectivity index (χ4n) is 1.40. The fraction of sp³-hybridized carbons (Fsp3) is 0.615. The van der Waals surface area contributed by atoms with Crippen molar-refractivity contribution in [3.63, 3.8) is 0 Å². The standard InChI is InChI=1S/C13H22N2O/c1-11(2)14-8-5-9-16-10-13-12(3)6-4-7-15-13/h4,6-7,11,14H,5,8-10H2,1-3H3. The van der Waals surface area contributed by atoms with E-state index < -0.39 is 0 Å². The smallest absolute Gasteiger partial charge is 0.0890 e. The second-order valence-corrected chi connectivity index (χ2v) is 4.28. The van der Waals surface area contributed by atoms with Crippen molar-refractivity contribution in [3.8, 4) is 0 Å². The highest BCUT2D eigenvalue weighted by atomic mass is 16.5. The van der Waals surface area contributed by atoms with Crippen LogP contribution in [-0.2, 0) is 11.3 Å². The Kier molecular flexibility index (Phi) is 6.04. The predicted molar refractivity (Wildman–Crippen MR) is 66.4 cm³/mol. The van der Waals surface area contributed by atoms with E-state index in [0.29, 0.717) is 12.6 Å². The molecule has 0 aliphatic rings. The maximum absolute atomic E-state index is 5.58. The molecular weight excluding hydrogens is 200 g/mol. The van der Waals surface area contributed by atoms with Crippen LogP contribution in [0.4, 0.5) is 0 Å². The van der Waals surface area contributed by atoms with Crippen molar-refractivity contribution >= 4 is 0 Å². The molecule has 1 heterocycles. The maximum atomic E-state index is 5.58. The van der Waals surface area contributed by atoms with Crippen molar-refractivity contribution in [1.82, 2.24) is 10.3 Å². The van der Waals surface area contributed by atoms with E-state index in [1.165, 1.54) is 5.56 Å². The van der Waals surface area contributed by atoms with Crippen LogP contribution in [0.15, 0.2) is 18.3 Å². The van der Waals surface area contributed by atoms with Crippen LogP contribution >= 0.6 is 0 Å². The van der Waals surface area contributed by atoms with Gasteiger partial charge in [-0.25, -0.2) is 0 Å². The molecule has 0 amide bonds. The SMILES string of the molecule is Cc1cccnc1COCCCNC(C)C. The number of hydrogen-bond donors (Lipinski definition) is 1. The zero-order valence-corrected chi connectivity index (χ0v) is 10.5. The summed E-state index contributed by atoms with van der Waals surface area (Å²) in [7, 11) is 0. The fourth-order valence-corrected chi connectivity index (χ4v) is 1.40. The number of hydrogen-bond acceptors (Lipinski definition) is 3. The third kappa shape index (κ3) is 5.24. The summed E-state index contributed by atoms with van der Waals surface area (Å²) in [5.74, 6) is 0. The lowest BCUT2D eigenvalue weighted by molar-refractivity contribution is 0.115. The van der Waals surface area contributed by atoms with Gasteiger partial charge in [-0.2, -0.15) is 0 Å². The monoisotopic (exact) mass is 222 g/mol. The molecular formula is C13H22N2O. The van der Waals surface area contributed by atoms with Gasteiger partial charge < -0.3 is 10.1 Å². The summed E-state index contributed by atoms with van der Waals surface area (Å²) in [6.07, 6.45) is 2.86. The second kappa shape index (κ2) is 7.36. The number of aryl methyl sites for hydroxylation is 1. The lowest BCUT2D eigenvalue weighted by atomic mass is 10.2. The molecule has 0 unspecified atom stereocenters. The summed E-state index contributed by atoms with van der Waals surface area (Å²) >= 11 is 0. The molecule has 0 radical (unpaired) electrons. The summed E-state index contributed by atoms with van der Waals surface area (Å²) in [4.78, 5) is 4.28. The van der Waals surface area contributed by atoms with Gasteiger partial charge >= 0.3 is 0 Å². The van der Waals surface area contributed by atoms with Crippen molar-refractivity contribution in [2.45, 2.75) is 39.8 Å². The molecule has 0 aliphatic carbocycles. The van der Waals surface area contributed by atoms with E-state index >= 15 is 0 Å². The quantitative estimate of drug-likeness (QED) is 0.719. The van der Waals surface area contributed by atoms with Crippen LogP contribution in [0, 0.1) is 6.92 Å². The first kappa shape index (κ1) is 13.1. The van der Waals surface area contributed by atoms with Gasteiger partial charge in [0.25, 0.3) is 0 Å². The van der Waals surface area contributed by atoms with Gasteiger partial charge in [0.15, 0.2) is 0 Å². The van der Waals surface area contributed by atoms with Gasteiger partial charge in [-0.15, -0.1) is 0 Å². The van der Waals surface area contributed by atoms with E-state index in [-0.39, 0.29) is 0 Å². The van der Waals surface area contributed by atoms with Crippen LogP contribution in [0.25, 0.3) is 0 Å². The van der Waals surface area contributed by atoms with Crippen LogP contribution in [0.1, 0.15) is 31.5 Å². The summed E-state index contributed by atoms with van der Waals surface area (Å²) in [5, 5.41) is 3.36. The molecule has 0 atom stereocenters. The third-order valence-corrected chi connectivity index (χ3v) is 2.37. The molecule has 1 rings (SSSR count). The summed E-state index contributed by atoms with van der Waals surface area (Å²) in [5.41, 5.74) is 2.24. The minimum atomic E-state index is 0.554. The van der Waals surface area contributed by atoms with Crippen LogP contribution in [0.5, 0.6) is 0 Å². The van der Waals surface area contributed by atoms with Gasteiger partial charge in [-0.3, -0.25) is 4.98 Å². The van der Waals surface area contributed by atoms with E-state index in [1.54, 1.807) is 0 Å². The Labute approximate surface area is 98.2 Å². The number of aromatic nitrogens is 1. The van der Waals surface area contributed by atoms with E-state index in [4.69, 9.17) is 4.74 Å². The third-order valence-electron chi connectivity index (χ3n) is 2.37. The molecule has 0 bridgehead atoms. The van der Waals surface area contributed by atoms with Crippen molar-refractivity contribution < 1.29 is 4.74 Å². The molecule has 0 spiro atoms. The average Bonchev–Trinajstić information content (AvgIpc) is 2.25. The Hall–Kier alpha value is -0.930. The first-order valence-electron chi connectivity index (χ1n) is 5.91. The van der Waals surface area contributed by atoms with Gasteiger partial charge in [0.2, 0.25) is 0 Å². The van der Waals surface area contributed by atoms with Gasteiger partial charge in [0.1, 0.15) is 0 Å². The topological polar surface area (TPSA) is 34.1 Å². The van der Waals surface area contributed by atoms with Gasteiger partial charge in [-0.05, 0) is 31.5 Å². The van der Waals surface area contributed by atoms with Gasteiger partial charge in [0.05, 0.1) is 12.3 Å².